The molecule has 0 amide bonds. The molecule has 0 spiro atoms. The number of aromatic nitrogens is 2. The first-order chi connectivity index (χ1) is 7.88. The van der Waals surface area contributed by atoms with Crippen LogP contribution in [0.25, 0.3) is 0 Å². The average molecular weight is 264 g/mol. The number of nitrogens with zero attached hydrogens (tertiary/aromatic N) is 3. The van der Waals surface area contributed by atoms with Crippen molar-refractivity contribution in [3.8, 4) is 0 Å². The Balaban J connectivity index is 3.13. The summed E-state index contributed by atoms with van der Waals surface area (Å²) in [5, 5.41) is 14.4. The average Bonchev–Trinajstić information content (AvgIpc) is 2.65. The minimum absolute atomic E-state index is 0.00648. The third kappa shape index (κ3) is 3.22. The largest absolute Gasteiger partial charge is 0.435 e. The molecule has 0 radical (unpaired) electrons. The number of nitrogens with two attached hydrogens (primary N) is 1. The van der Waals surface area contributed by atoms with Gasteiger partial charge in [-0.3, -0.25) is 0 Å². The molecule has 0 saturated carbocycles. The first kappa shape index (κ1) is 13.5. The fourth-order valence-electron chi connectivity index (χ4n) is 1.35. The first-order valence-electron chi connectivity index (χ1n) is 4.55. The Morgan fingerprint density at radius 3 is 2.82 bits per heavy atom. The Kier molecular flexibility index (Phi) is 4.15. The summed E-state index contributed by atoms with van der Waals surface area (Å²) in [6, 6.07) is 0. The van der Waals surface area contributed by atoms with Crippen LogP contribution in [0.5, 0.6) is 0 Å². The molecular formula is C7H12N4O5S. The lowest BCUT2D eigenvalue weighted by atomic mass is 10.4. The highest BCUT2D eigenvalue weighted by atomic mass is 32.2. The van der Waals surface area contributed by atoms with E-state index in [1.165, 1.54) is 13.3 Å². The van der Waals surface area contributed by atoms with E-state index in [0.29, 0.717) is 0 Å². The van der Waals surface area contributed by atoms with Crippen molar-refractivity contribution in [2.75, 3.05) is 13.7 Å². The minimum Gasteiger partial charge on any atom is -0.390 e. The molecule has 1 rings (SSSR count). The molecule has 1 heterocycles. The van der Waals surface area contributed by atoms with Crippen molar-refractivity contribution in [3.05, 3.63) is 22.5 Å². The smallest absolute Gasteiger partial charge is 0.390 e. The molecular weight excluding hydrogens is 252 g/mol. The highest BCUT2D eigenvalue weighted by Gasteiger charge is 2.31. The van der Waals surface area contributed by atoms with E-state index >= 15 is 0 Å². The molecule has 10 heteroatoms. The van der Waals surface area contributed by atoms with E-state index < -0.39 is 26.3 Å². The highest BCUT2D eigenvalue weighted by molar-refractivity contribution is 7.89. The summed E-state index contributed by atoms with van der Waals surface area (Å²) in [5.41, 5.74) is 0. The third-order valence-electron chi connectivity index (χ3n) is 2.07. The SMILES string of the molecule is COCCC(n1ccnc1[N+](=O)[O-])S(N)(=O)=O. The van der Waals surface area contributed by atoms with E-state index in [9.17, 15) is 18.5 Å². The van der Waals surface area contributed by atoms with Crippen LogP contribution in [-0.2, 0) is 14.8 Å². The lowest BCUT2D eigenvalue weighted by molar-refractivity contribution is -0.396. The van der Waals surface area contributed by atoms with Crippen LogP contribution < -0.4 is 5.14 Å². The molecule has 1 aromatic heterocycles. The minimum atomic E-state index is -3.98. The lowest BCUT2D eigenvalue weighted by Gasteiger charge is -2.13. The Bertz CT molecular complexity index is 496. The highest BCUT2D eigenvalue weighted by Crippen LogP contribution is 2.22. The van der Waals surface area contributed by atoms with Crippen LogP contribution in [-0.4, -0.2) is 36.6 Å². The summed E-state index contributed by atoms with van der Waals surface area (Å²) in [6.07, 6.45) is 2.35. The predicted octanol–water partition coefficient (Wildman–Crippen LogP) is -0.385. The van der Waals surface area contributed by atoms with Gasteiger partial charge < -0.3 is 14.9 Å². The quantitative estimate of drug-likeness (QED) is 0.550. The van der Waals surface area contributed by atoms with Crippen molar-refractivity contribution in [1.82, 2.24) is 9.55 Å². The van der Waals surface area contributed by atoms with E-state index in [2.05, 4.69) is 4.98 Å². The van der Waals surface area contributed by atoms with E-state index in [1.54, 1.807) is 0 Å². The molecule has 9 nitrogen and oxygen atoms in total. The first-order valence-corrected chi connectivity index (χ1v) is 6.16. The van der Waals surface area contributed by atoms with Crippen LogP contribution in [0.2, 0.25) is 0 Å². The number of rotatable bonds is 6. The molecule has 17 heavy (non-hydrogen) atoms. The standard InChI is InChI=1S/C7H12N4O5S/c1-16-5-2-6(17(8,14)15)10-4-3-9-7(10)11(12)13/h3-4,6H,2,5H2,1H3,(H2,8,14,15). The van der Waals surface area contributed by atoms with Crippen LogP contribution in [0.1, 0.15) is 11.8 Å². The van der Waals surface area contributed by atoms with Crippen LogP contribution in [0.15, 0.2) is 12.4 Å². The third-order valence-corrected chi connectivity index (χ3v) is 3.29. The maximum Gasteiger partial charge on any atom is 0.435 e. The van der Waals surface area contributed by atoms with Crippen LogP contribution >= 0.6 is 0 Å². The second-order valence-corrected chi connectivity index (χ2v) is 4.94. The van der Waals surface area contributed by atoms with E-state index in [0.717, 1.165) is 10.8 Å². The molecule has 0 aliphatic carbocycles. The Morgan fingerprint density at radius 2 is 2.35 bits per heavy atom. The van der Waals surface area contributed by atoms with Crippen molar-refractivity contribution < 1.29 is 18.1 Å². The second kappa shape index (κ2) is 5.21. The number of methoxy groups -OCH3 is 1. The van der Waals surface area contributed by atoms with E-state index in [4.69, 9.17) is 9.88 Å². The molecule has 1 atom stereocenters. The lowest BCUT2D eigenvalue weighted by Crippen LogP contribution is -2.28. The van der Waals surface area contributed by atoms with Gasteiger partial charge in [-0.15, -0.1) is 0 Å². The van der Waals surface area contributed by atoms with Gasteiger partial charge >= 0.3 is 5.95 Å². The van der Waals surface area contributed by atoms with Crippen molar-refractivity contribution in [3.63, 3.8) is 0 Å². The molecule has 0 saturated heterocycles. The van der Waals surface area contributed by atoms with Gasteiger partial charge in [-0.2, -0.15) is 0 Å². The Hall–Kier alpha value is -1.52. The monoisotopic (exact) mass is 264 g/mol. The fraction of sp³-hybridized carbons (Fsp3) is 0.571. The Labute approximate surface area is 97.4 Å². The normalized spacial score (nSPS) is 13.5. The molecule has 0 aromatic carbocycles. The number of hydrogen-bond acceptors (Lipinski definition) is 6. The van der Waals surface area contributed by atoms with Gasteiger partial charge in [0.05, 0.1) is 6.61 Å². The van der Waals surface area contributed by atoms with Gasteiger partial charge in [0.25, 0.3) is 0 Å². The molecule has 0 aliphatic heterocycles. The maximum atomic E-state index is 11.4. The van der Waals surface area contributed by atoms with E-state index in [1.807, 2.05) is 0 Å². The Morgan fingerprint density at radius 1 is 1.71 bits per heavy atom. The number of sulfonamides is 1. The summed E-state index contributed by atoms with van der Waals surface area (Å²) in [4.78, 5) is 13.3. The maximum absolute atomic E-state index is 11.4. The summed E-state index contributed by atoms with van der Waals surface area (Å²) in [7, 11) is -2.59. The van der Waals surface area contributed by atoms with Crippen LogP contribution in [0, 0.1) is 10.1 Å². The number of imidazole rings is 1. The summed E-state index contributed by atoms with van der Waals surface area (Å²) >= 11 is 0. The molecule has 0 bridgehead atoms. The molecule has 0 aliphatic rings. The molecule has 0 fully saturated rings. The van der Waals surface area contributed by atoms with Gasteiger partial charge in [0.2, 0.25) is 10.0 Å². The molecule has 1 unspecified atom stereocenters. The summed E-state index contributed by atoms with van der Waals surface area (Å²) < 4.78 is 28.4. The van der Waals surface area contributed by atoms with Gasteiger partial charge in [-0.05, 0) is 4.92 Å². The van der Waals surface area contributed by atoms with Crippen LogP contribution in [0.4, 0.5) is 5.95 Å². The topological polar surface area (TPSA) is 130 Å². The summed E-state index contributed by atoms with van der Waals surface area (Å²) in [5.74, 6) is -0.569. The van der Waals surface area contributed by atoms with Gasteiger partial charge in [0.1, 0.15) is 12.4 Å². The number of nitro groups is 1. The number of hydrogen-bond donors (Lipinski definition) is 1. The summed E-state index contributed by atoms with van der Waals surface area (Å²) in [6.45, 7) is 0.108. The predicted molar refractivity (Wildman–Crippen MR) is 57.5 cm³/mol. The zero-order valence-corrected chi connectivity index (χ0v) is 9.83. The van der Waals surface area contributed by atoms with Crippen molar-refractivity contribution in [2.45, 2.75) is 11.8 Å². The van der Waals surface area contributed by atoms with Crippen LogP contribution in [0.3, 0.4) is 0 Å². The van der Waals surface area contributed by atoms with Gasteiger partial charge in [0.15, 0.2) is 5.37 Å². The number of ether oxygens (including phenoxy) is 1. The number of primary sulfonamides is 1. The van der Waals surface area contributed by atoms with Gasteiger partial charge in [0, 0.05) is 13.5 Å². The molecule has 1 aromatic rings. The fourth-order valence-corrected chi connectivity index (χ4v) is 2.26. The van der Waals surface area contributed by atoms with Crippen molar-refractivity contribution in [2.24, 2.45) is 5.14 Å². The van der Waals surface area contributed by atoms with Gasteiger partial charge in [-0.1, -0.05) is 4.98 Å². The second-order valence-electron chi connectivity index (χ2n) is 3.22. The van der Waals surface area contributed by atoms with Crippen molar-refractivity contribution >= 4 is 16.0 Å². The zero-order valence-electron chi connectivity index (χ0n) is 9.01. The van der Waals surface area contributed by atoms with Gasteiger partial charge in [-0.25, -0.2) is 18.1 Å². The molecule has 96 valence electrons. The molecule has 2 N–H and O–H groups in total. The van der Waals surface area contributed by atoms with Crippen molar-refractivity contribution in [1.29, 1.82) is 0 Å². The van der Waals surface area contributed by atoms with E-state index in [-0.39, 0.29) is 13.0 Å². The zero-order chi connectivity index (χ0) is 13.1.